The van der Waals surface area contributed by atoms with Gasteiger partial charge in [0, 0.05) is 13.1 Å². The van der Waals surface area contributed by atoms with E-state index in [4.69, 9.17) is 39.5 Å². The molecule has 1 saturated heterocycles. The Labute approximate surface area is 130 Å². The number of nitrogens with one attached hydrogen (secondary N) is 1. The summed E-state index contributed by atoms with van der Waals surface area (Å²) in [5.41, 5.74) is 0. The SMILES string of the molecule is O=C(N[C@H](N1CCOCC1)C(Cl)(Cl)Cl)c1cccs1. The van der Waals surface area contributed by atoms with Crippen molar-refractivity contribution in [3.05, 3.63) is 22.4 Å². The zero-order valence-electron chi connectivity index (χ0n) is 9.94. The van der Waals surface area contributed by atoms with Crippen LogP contribution in [0, 0.1) is 0 Å². The van der Waals surface area contributed by atoms with Crippen molar-refractivity contribution in [2.45, 2.75) is 9.96 Å². The van der Waals surface area contributed by atoms with Gasteiger partial charge >= 0.3 is 0 Å². The van der Waals surface area contributed by atoms with Gasteiger partial charge in [-0.05, 0) is 11.4 Å². The monoisotopic (exact) mass is 342 g/mol. The van der Waals surface area contributed by atoms with Crippen LogP contribution < -0.4 is 5.32 Å². The number of morpholine rings is 1. The molecule has 1 aliphatic heterocycles. The van der Waals surface area contributed by atoms with Gasteiger partial charge < -0.3 is 10.1 Å². The Morgan fingerprint density at radius 2 is 2.11 bits per heavy atom. The van der Waals surface area contributed by atoms with Crippen LogP contribution in [0.3, 0.4) is 0 Å². The van der Waals surface area contributed by atoms with E-state index in [-0.39, 0.29) is 5.91 Å². The van der Waals surface area contributed by atoms with Crippen molar-refractivity contribution in [2.75, 3.05) is 26.3 Å². The molecule has 1 aliphatic rings. The number of rotatable bonds is 3. The summed E-state index contributed by atoms with van der Waals surface area (Å²) in [6.07, 6.45) is -0.670. The number of nitrogens with zero attached hydrogens (tertiary/aromatic N) is 1. The van der Waals surface area contributed by atoms with E-state index in [0.717, 1.165) is 0 Å². The lowest BCUT2D eigenvalue weighted by atomic mass is 10.3. The predicted octanol–water partition coefficient (Wildman–Crippen LogP) is 2.51. The Hall–Kier alpha value is -0.0400. The van der Waals surface area contributed by atoms with Gasteiger partial charge in [0.15, 0.2) is 0 Å². The van der Waals surface area contributed by atoms with E-state index < -0.39 is 9.96 Å². The third-order valence-corrected chi connectivity index (χ3v) is 4.22. The minimum Gasteiger partial charge on any atom is -0.379 e. The van der Waals surface area contributed by atoms with Gasteiger partial charge in [-0.25, -0.2) is 0 Å². The van der Waals surface area contributed by atoms with Crippen LogP contribution in [0.25, 0.3) is 0 Å². The number of thiophene rings is 1. The molecule has 0 saturated carbocycles. The summed E-state index contributed by atoms with van der Waals surface area (Å²) in [7, 11) is 0. The largest absolute Gasteiger partial charge is 0.379 e. The maximum Gasteiger partial charge on any atom is 0.262 e. The van der Waals surface area contributed by atoms with Gasteiger partial charge in [-0.3, -0.25) is 9.69 Å². The van der Waals surface area contributed by atoms with Gasteiger partial charge in [0.1, 0.15) is 6.17 Å². The number of carbonyl (C=O) groups excluding carboxylic acids is 1. The fraction of sp³-hybridized carbons (Fsp3) is 0.545. The van der Waals surface area contributed by atoms with E-state index in [9.17, 15) is 4.79 Å². The standard InChI is InChI=1S/C11H13Cl3N2O2S/c12-11(13,14)10(16-3-5-18-6-4-16)15-9(17)8-2-1-7-19-8/h1-2,7,10H,3-6H2,(H,15,17)/t10-/m1/s1. The molecular formula is C11H13Cl3N2O2S. The zero-order chi connectivity index (χ0) is 13.9. The maximum atomic E-state index is 12.1. The molecule has 0 unspecified atom stereocenters. The second kappa shape index (κ2) is 6.61. The smallest absolute Gasteiger partial charge is 0.262 e. The Morgan fingerprint density at radius 1 is 1.42 bits per heavy atom. The highest BCUT2D eigenvalue weighted by molar-refractivity contribution is 7.12. The summed E-state index contributed by atoms with van der Waals surface area (Å²) in [6.45, 7) is 2.35. The third kappa shape index (κ3) is 4.21. The topological polar surface area (TPSA) is 41.6 Å². The molecule has 1 fully saturated rings. The van der Waals surface area contributed by atoms with Crippen molar-refractivity contribution in [1.29, 1.82) is 0 Å². The lowest BCUT2D eigenvalue weighted by Crippen LogP contribution is -2.58. The van der Waals surface area contributed by atoms with E-state index in [0.29, 0.717) is 31.2 Å². The fourth-order valence-corrected chi connectivity index (χ4v) is 3.02. The zero-order valence-corrected chi connectivity index (χ0v) is 13.0. The molecule has 1 N–H and O–H groups in total. The first-order chi connectivity index (χ1) is 8.98. The molecule has 2 rings (SSSR count). The van der Waals surface area contributed by atoms with E-state index in [1.807, 2.05) is 10.3 Å². The van der Waals surface area contributed by atoms with Gasteiger partial charge in [0.2, 0.25) is 3.79 Å². The number of carbonyl (C=O) groups is 1. The van der Waals surface area contributed by atoms with Crippen molar-refractivity contribution in [3.8, 4) is 0 Å². The molecule has 19 heavy (non-hydrogen) atoms. The molecule has 2 heterocycles. The minimum absolute atomic E-state index is 0.238. The highest BCUT2D eigenvalue weighted by atomic mass is 35.6. The Kier molecular flexibility index (Phi) is 5.34. The van der Waals surface area contributed by atoms with Crippen LogP contribution in [0.15, 0.2) is 17.5 Å². The van der Waals surface area contributed by atoms with Gasteiger partial charge in [0.05, 0.1) is 18.1 Å². The van der Waals surface area contributed by atoms with Crippen molar-refractivity contribution >= 4 is 52.0 Å². The van der Waals surface area contributed by atoms with Gasteiger partial charge in [-0.2, -0.15) is 0 Å². The van der Waals surface area contributed by atoms with E-state index in [1.54, 1.807) is 12.1 Å². The number of halogens is 3. The van der Waals surface area contributed by atoms with Gasteiger partial charge in [0.25, 0.3) is 5.91 Å². The average Bonchev–Trinajstić information content (AvgIpc) is 2.89. The lowest BCUT2D eigenvalue weighted by molar-refractivity contribution is 0.0100. The molecule has 106 valence electrons. The molecule has 0 spiro atoms. The molecule has 1 atom stereocenters. The number of hydrogen-bond acceptors (Lipinski definition) is 4. The van der Waals surface area contributed by atoms with Crippen molar-refractivity contribution in [2.24, 2.45) is 0 Å². The summed E-state index contributed by atoms with van der Waals surface area (Å²) in [5.74, 6) is -0.238. The molecule has 0 radical (unpaired) electrons. The second-order valence-corrected chi connectivity index (χ2v) is 7.36. The Morgan fingerprint density at radius 3 is 2.63 bits per heavy atom. The molecule has 0 bridgehead atoms. The van der Waals surface area contributed by atoms with Gasteiger partial charge in [-0.1, -0.05) is 40.9 Å². The van der Waals surface area contributed by atoms with Crippen LogP contribution in [0.5, 0.6) is 0 Å². The molecule has 0 aromatic carbocycles. The molecule has 1 amide bonds. The second-order valence-electron chi connectivity index (χ2n) is 4.04. The molecule has 1 aromatic heterocycles. The molecule has 0 aliphatic carbocycles. The van der Waals surface area contributed by atoms with Crippen LogP contribution in [-0.4, -0.2) is 47.1 Å². The Balaban J connectivity index is 2.07. The summed E-state index contributed by atoms with van der Waals surface area (Å²) in [6, 6.07) is 3.54. The average molecular weight is 344 g/mol. The maximum absolute atomic E-state index is 12.1. The van der Waals surface area contributed by atoms with E-state index in [2.05, 4.69) is 5.32 Å². The lowest BCUT2D eigenvalue weighted by Gasteiger charge is -2.38. The van der Waals surface area contributed by atoms with Crippen LogP contribution >= 0.6 is 46.1 Å². The highest BCUT2D eigenvalue weighted by Crippen LogP contribution is 2.32. The molecule has 1 aromatic rings. The van der Waals surface area contributed by atoms with E-state index >= 15 is 0 Å². The first-order valence-electron chi connectivity index (χ1n) is 5.71. The number of amides is 1. The summed E-state index contributed by atoms with van der Waals surface area (Å²) >= 11 is 19.3. The summed E-state index contributed by atoms with van der Waals surface area (Å²) in [4.78, 5) is 14.6. The predicted molar refractivity (Wildman–Crippen MR) is 78.3 cm³/mol. The minimum atomic E-state index is -1.59. The van der Waals surface area contributed by atoms with E-state index in [1.165, 1.54) is 11.3 Å². The quantitative estimate of drug-likeness (QED) is 0.858. The van der Waals surface area contributed by atoms with Crippen LogP contribution in [-0.2, 0) is 4.74 Å². The van der Waals surface area contributed by atoms with Crippen molar-refractivity contribution < 1.29 is 9.53 Å². The third-order valence-electron chi connectivity index (χ3n) is 2.73. The van der Waals surface area contributed by atoms with Crippen LogP contribution in [0.4, 0.5) is 0 Å². The highest BCUT2D eigenvalue weighted by Gasteiger charge is 2.39. The normalized spacial score (nSPS) is 19.1. The van der Waals surface area contributed by atoms with Crippen molar-refractivity contribution in [3.63, 3.8) is 0 Å². The Bertz CT molecular complexity index is 416. The first kappa shape index (κ1) is 15.4. The molecular weight excluding hydrogens is 331 g/mol. The fourth-order valence-electron chi connectivity index (χ4n) is 1.82. The first-order valence-corrected chi connectivity index (χ1v) is 7.73. The molecule has 8 heteroatoms. The molecule has 4 nitrogen and oxygen atoms in total. The van der Waals surface area contributed by atoms with Gasteiger partial charge in [-0.15, -0.1) is 11.3 Å². The number of ether oxygens (including phenoxy) is 1. The summed E-state index contributed by atoms with van der Waals surface area (Å²) < 4.78 is 3.67. The van der Waals surface area contributed by atoms with Crippen molar-refractivity contribution in [1.82, 2.24) is 10.2 Å². The van der Waals surface area contributed by atoms with Crippen LogP contribution in [0.2, 0.25) is 0 Å². The number of hydrogen-bond donors (Lipinski definition) is 1. The number of alkyl halides is 3. The summed E-state index contributed by atoms with van der Waals surface area (Å²) in [5, 5.41) is 4.60. The van der Waals surface area contributed by atoms with Crippen LogP contribution in [0.1, 0.15) is 9.67 Å².